The summed E-state index contributed by atoms with van der Waals surface area (Å²) in [4.78, 5) is 4.70. The summed E-state index contributed by atoms with van der Waals surface area (Å²) in [5.41, 5.74) is 10.5. The fourth-order valence-corrected chi connectivity index (χ4v) is 7.42. The first-order valence-corrected chi connectivity index (χ1v) is 15.9. The summed E-state index contributed by atoms with van der Waals surface area (Å²) in [6, 6.07) is 50.4. The van der Waals surface area contributed by atoms with Gasteiger partial charge in [-0.05, 0) is 78.6 Å². The van der Waals surface area contributed by atoms with Gasteiger partial charge in [0.1, 0.15) is 0 Å². The third-order valence-corrected chi connectivity index (χ3v) is 9.84. The Bertz CT molecular complexity index is 2400. The standard InChI is InChI=1S/C43H33N3/c1-43(27-25-40-42(26-28-43)45(32-15-4-3-5-16-32)41-21-11-10-20-39(41)44(40)2)31-23-24-38-35(29-31)34-18-8-9-19-37(34)46(38)36-22-12-14-30-13-6-7-17-33(30)36/h3-29H,1-2H3. The van der Waals surface area contributed by atoms with Crippen LogP contribution in [0.5, 0.6) is 0 Å². The van der Waals surface area contributed by atoms with Crippen molar-refractivity contribution in [2.75, 3.05) is 16.8 Å². The molecule has 0 amide bonds. The molecular formula is C43H33N3. The molecule has 0 bridgehead atoms. The van der Waals surface area contributed by atoms with E-state index in [1.165, 1.54) is 66.6 Å². The number of nitrogens with zero attached hydrogens (tertiary/aromatic N) is 3. The number of rotatable bonds is 3. The van der Waals surface area contributed by atoms with Crippen molar-refractivity contribution in [1.29, 1.82) is 0 Å². The van der Waals surface area contributed by atoms with Crippen LogP contribution in [0.4, 0.5) is 17.1 Å². The molecule has 0 N–H and O–H groups in total. The Hall–Kier alpha value is -5.80. The van der Waals surface area contributed by atoms with Gasteiger partial charge in [0.2, 0.25) is 0 Å². The molecule has 1 unspecified atom stereocenters. The molecule has 6 aromatic carbocycles. The van der Waals surface area contributed by atoms with Crippen LogP contribution < -0.4 is 9.80 Å². The van der Waals surface area contributed by atoms with Crippen LogP contribution in [0.2, 0.25) is 0 Å². The predicted molar refractivity (Wildman–Crippen MR) is 194 cm³/mol. The Morgan fingerprint density at radius 1 is 0.500 bits per heavy atom. The second-order valence-corrected chi connectivity index (χ2v) is 12.5. The lowest BCUT2D eigenvalue weighted by Gasteiger charge is -2.38. The van der Waals surface area contributed by atoms with Gasteiger partial charge < -0.3 is 14.4 Å². The number of likely N-dealkylation sites (N-methyl/N-ethyl adjacent to an activating group) is 1. The normalized spacial score (nSPS) is 17.5. The molecule has 2 heterocycles. The number of benzene rings is 6. The maximum atomic E-state index is 2.43. The third kappa shape index (κ3) is 3.92. The summed E-state index contributed by atoms with van der Waals surface area (Å²) in [7, 11) is 2.17. The largest absolute Gasteiger partial charge is 0.341 e. The fraction of sp³-hybridized carbons (Fsp3) is 0.0698. The highest BCUT2D eigenvalue weighted by Crippen LogP contribution is 2.46. The molecule has 0 spiro atoms. The summed E-state index contributed by atoms with van der Waals surface area (Å²) in [6.45, 7) is 2.32. The van der Waals surface area contributed by atoms with Gasteiger partial charge in [-0.25, -0.2) is 0 Å². The molecule has 46 heavy (non-hydrogen) atoms. The van der Waals surface area contributed by atoms with Crippen LogP contribution >= 0.6 is 0 Å². The van der Waals surface area contributed by atoms with Gasteiger partial charge in [0.25, 0.3) is 0 Å². The minimum atomic E-state index is -0.316. The highest BCUT2D eigenvalue weighted by Gasteiger charge is 2.31. The predicted octanol–water partition coefficient (Wildman–Crippen LogP) is 10.8. The Kier molecular flexibility index (Phi) is 5.85. The number of para-hydroxylation sites is 4. The molecule has 0 fully saturated rings. The van der Waals surface area contributed by atoms with E-state index in [0.29, 0.717) is 0 Å². The minimum Gasteiger partial charge on any atom is -0.341 e. The summed E-state index contributed by atoms with van der Waals surface area (Å²) < 4.78 is 2.43. The van der Waals surface area contributed by atoms with Crippen LogP contribution in [0.25, 0.3) is 38.3 Å². The maximum absolute atomic E-state index is 2.43. The smallest absolute Gasteiger partial charge is 0.0699 e. The van der Waals surface area contributed by atoms with E-state index in [0.717, 1.165) is 5.69 Å². The molecule has 1 aliphatic carbocycles. The lowest BCUT2D eigenvalue weighted by Crippen LogP contribution is -2.30. The van der Waals surface area contributed by atoms with Crippen molar-refractivity contribution in [3.8, 4) is 5.69 Å². The second kappa shape index (κ2) is 10.1. The first-order valence-electron chi connectivity index (χ1n) is 15.9. The van der Waals surface area contributed by atoms with Gasteiger partial charge in [0, 0.05) is 34.3 Å². The van der Waals surface area contributed by atoms with Crippen molar-refractivity contribution in [2.45, 2.75) is 12.3 Å². The van der Waals surface area contributed by atoms with Gasteiger partial charge in [-0.3, -0.25) is 0 Å². The van der Waals surface area contributed by atoms with Gasteiger partial charge in [-0.1, -0.05) is 103 Å². The number of aromatic nitrogens is 1. The van der Waals surface area contributed by atoms with E-state index in [1.54, 1.807) is 0 Å². The van der Waals surface area contributed by atoms with Gasteiger partial charge in [-0.15, -0.1) is 0 Å². The topological polar surface area (TPSA) is 11.4 Å². The Morgan fingerprint density at radius 2 is 1.13 bits per heavy atom. The number of hydrogen-bond acceptors (Lipinski definition) is 2. The fourth-order valence-electron chi connectivity index (χ4n) is 7.42. The molecule has 3 heteroatoms. The highest BCUT2D eigenvalue weighted by molar-refractivity contribution is 6.11. The van der Waals surface area contributed by atoms with Gasteiger partial charge in [0.05, 0.1) is 39.5 Å². The summed E-state index contributed by atoms with van der Waals surface area (Å²) in [5, 5.41) is 5.03. The van der Waals surface area contributed by atoms with E-state index in [4.69, 9.17) is 0 Å². The van der Waals surface area contributed by atoms with Crippen LogP contribution in [-0.4, -0.2) is 11.6 Å². The molecule has 0 saturated heterocycles. The first kappa shape index (κ1) is 26.6. The molecule has 1 atom stereocenters. The molecule has 0 saturated carbocycles. The average molecular weight is 592 g/mol. The van der Waals surface area contributed by atoms with Gasteiger partial charge >= 0.3 is 0 Å². The Balaban J connectivity index is 1.20. The van der Waals surface area contributed by atoms with Crippen LogP contribution in [-0.2, 0) is 5.41 Å². The number of anilines is 3. The SMILES string of the molecule is CN1C2=C(C=CC(C)(c3ccc4c(c3)c3ccccc3n4-c3cccc4ccccc34)C=C2)N(c2ccccc2)c2ccccc21. The highest BCUT2D eigenvalue weighted by atomic mass is 15.3. The monoisotopic (exact) mass is 591 g/mol. The lowest BCUT2D eigenvalue weighted by molar-refractivity contribution is 0.759. The van der Waals surface area contributed by atoms with Crippen molar-refractivity contribution < 1.29 is 0 Å². The molecule has 9 rings (SSSR count). The molecule has 3 nitrogen and oxygen atoms in total. The maximum Gasteiger partial charge on any atom is 0.0699 e. The van der Waals surface area contributed by atoms with E-state index in [2.05, 4.69) is 192 Å². The minimum absolute atomic E-state index is 0.316. The molecule has 1 aromatic heterocycles. The van der Waals surface area contributed by atoms with Crippen molar-refractivity contribution in [1.82, 2.24) is 4.57 Å². The first-order chi connectivity index (χ1) is 22.6. The van der Waals surface area contributed by atoms with E-state index in [-0.39, 0.29) is 5.41 Å². The zero-order chi connectivity index (χ0) is 30.8. The zero-order valence-electron chi connectivity index (χ0n) is 25.9. The number of allylic oxidation sites excluding steroid dienone is 4. The van der Waals surface area contributed by atoms with E-state index in [1.807, 2.05) is 0 Å². The van der Waals surface area contributed by atoms with Gasteiger partial charge in [-0.2, -0.15) is 0 Å². The van der Waals surface area contributed by atoms with Crippen LogP contribution in [0.1, 0.15) is 12.5 Å². The van der Waals surface area contributed by atoms with Crippen molar-refractivity contribution in [3.63, 3.8) is 0 Å². The summed E-state index contributed by atoms with van der Waals surface area (Å²) in [6.07, 6.45) is 9.36. The number of hydrogen-bond donors (Lipinski definition) is 0. The Labute approximate surface area is 269 Å². The van der Waals surface area contributed by atoms with Crippen molar-refractivity contribution >= 4 is 49.6 Å². The Morgan fingerprint density at radius 3 is 1.98 bits per heavy atom. The zero-order valence-corrected chi connectivity index (χ0v) is 25.9. The quantitative estimate of drug-likeness (QED) is 0.202. The molecular weight excluding hydrogens is 558 g/mol. The molecule has 2 aliphatic rings. The van der Waals surface area contributed by atoms with Gasteiger partial charge in [0.15, 0.2) is 0 Å². The van der Waals surface area contributed by atoms with E-state index in [9.17, 15) is 0 Å². The third-order valence-electron chi connectivity index (χ3n) is 9.84. The molecule has 220 valence electrons. The molecule has 0 radical (unpaired) electrons. The number of fused-ring (bicyclic) bond motifs is 5. The van der Waals surface area contributed by atoms with Crippen LogP contribution in [0.3, 0.4) is 0 Å². The van der Waals surface area contributed by atoms with Crippen LogP contribution in [0, 0.1) is 0 Å². The van der Waals surface area contributed by atoms with Crippen molar-refractivity contribution in [2.24, 2.45) is 0 Å². The van der Waals surface area contributed by atoms with Crippen LogP contribution in [0.15, 0.2) is 175 Å². The van der Waals surface area contributed by atoms with E-state index >= 15 is 0 Å². The van der Waals surface area contributed by atoms with E-state index < -0.39 is 0 Å². The lowest BCUT2D eigenvalue weighted by atomic mass is 9.81. The summed E-state index contributed by atoms with van der Waals surface area (Å²) in [5.74, 6) is 0. The molecule has 7 aromatic rings. The second-order valence-electron chi connectivity index (χ2n) is 12.5. The van der Waals surface area contributed by atoms with Crippen molar-refractivity contribution in [3.05, 3.63) is 181 Å². The average Bonchev–Trinajstić information content (AvgIpc) is 3.32. The summed E-state index contributed by atoms with van der Waals surface area (Å²) >= 11 is 0. The molecule has 1 aliphatic heterocycles.